The molecule has 2 rings (SSSR count). The van der Waals surface area contributed by atoms with Gasteiger partial charge in [0.05, 0.1) is 5.56 Å². The predicted molar refractivity (Wildman–Crippen MR) is 105 cm³/mol. The van der Waals surface area contributed by atoms with Gasteiger partial charge in [-0.15, -0.1) is 0 Å². The zero-order chi connectivity index (χ0) is 19.1. The van der Waals surface area contributed by atoms with Gasteiger partial charge in [-0.2, -0.15) is 0 Å². The number of fused-ring (bicyclic) bond motifs is 1. The standard InChI is InChI=1S/C21H28N2O3/c1-14(2)9-10-22-21(25)18-11-16-7-5-6-8-17(16)12-19(18)26-13-20(24)23-15(3)4/h5-8,11-12,14-15H,9-10,13H2,1-4H3,(H,22,25)(H,23,24). The largest absolute Gasteiger partial charge is 0.483 e. The van der Waals surface area contributed by atoms with Gasteiger partial charge in [-0.1, -0.05) is 38.1 Å². The summed E-state index contributed by atoms with van der Waals surface area (Å²) in [5.41, 5.74) is 0.449. The number of carbonyl (C=O) groups excluding carboxylic acids is 2. The number of nitrogens with one attached hydrogen (secondary N) is 2. The second-order valence-electron chi connectivity index (χ2n) is 7.14. The van der Waals surface area contributed by atoms with Crippen molar-refractivity contribution in [1.82, 2.24) is 10.6 Å². The Morgan fingerprint density at radius 1 is 1.04 bits per heavy atom. The first kappa shape index (κ1) is 19.8. The summed E-state index contributed by atoms with van der Waals surface area (Å²) in [6, 6.07) is 11.4. The SMILES string of the molecule is CC(C)CCNC(=O)c1cc2ccccc2cc1OCC(=O)NC(C)C. The average molecular weight is 356 g/mol. The van der Waals surface area contributed by atoms with Gasteiger partial charge >= 0.3 is 0 Å². The van der Waals surface area contributed by atoms with Crippen LogP contribution in [0.25, 0.3) is 10.8 Å². The van der Waals surface area contributed by atoms with Crippen LogP contribution in [0.5, 0.6) is 5.75 Å². The molecule has 0 heterocycles. The Balaban J connectivity index is 2.21. The lowest BCUT2D eigenvalue weighted by Crippen LogP contribution is -2.34. The van der Waals surface area contributed by atoms with Crippen LogP contribution < -0.4 is 15.4 Å². The molecule has 0 spiro atoms. The highest BCUT2D eigenvalue weighted by Crippen LogP contribution is 2.26. The molecule has 5 nitrogen and oxygen atoms in total. The number of ether oxygens (including phenoxy) is 1. The molecule has 26 heavy (non-hydrogen) atoms. The molecule has 0 bridgehead atoms. The van der Waals surface area contributed by atoms with Crippen LogP contribution in [0.1, 0.15) is 44.5 Å². The number of benzene rings is 2. The molecular formula is C21H28N2O3. The molecule has 0 aliphatic heterocycles. The molecule has 0 aliphatic rings. The summed E-state index contributed by atoms with van der Waals surface area (Å²) in [4.78, 5) is 24.5. The van der Waals surface area contributed by atoms with Crippen molar-refractivity contribution in [3.63, 3.8) is 0 Å². The van der Waals surface area contributed by atoms with Crippen LogP contribution in [0.3, 0.4) is 0 Å². The molecule has 5 heteroatoms. The van der Waals surface area contributed by atoms with Crippen LogP contribution in [0.4, 0.5) is 0 Å². The predicted octanol–water partition coefficient (Wildman–Crippen LogP) is 3.52. The summed E-state index contributed by atoms with van der Waals surface area (Å²) in [5, 5.41) is 7.64. The van der Waals surface area contributed by atoms with E-state index in [1.54, 1.807) is 0 Å². The number of hydrogen-bond acceptors (Lipinski definition) is 3. The molecule has 0 aromatic heterocycles. The average Bonchev–Trinajstić information content (AvgIpc) is 2.58. The van der Waals surface area contributed by atoms with Crippen molar-refractivity contribution in [3.8, 4) is 5.75 Å². The lowest BCUT2D eigenvalue weighted by Gasteiger charge is -2.14. The smallest absolute Gasteiger partial charge is 0.258 e. The molecule has 0 unspecified atom stereocenters. The van der Waals surface area contributed by atoms with E-state index in [0.717, 1.165) is 17.2 Å². The van der Waals surface area contributed by atoms with E-state index < -0.39 is 0 Å². The summed E-state index contributed by atoms with van der Waals surface area (Å²) >= 11 is 0. The van der Waals surface area contributed by atoms with Crippen molar-refractivity contribution in [1.29, 1.82) is 0 Å². The van der Waals surface area contributed by atoms with Gasteiger partial charge in [0.15, 0.2) is 6.61 Å². The second-order valence-corrected chi connectivity index (χ2v) is 7.14. The van der Waals surface area contributed by atoms with E-state index in [-0.39, 0.29) is 24.5 Å². The van der Waals surface area contributed by atoms with Crippen LogP contribution in [-0.4, -0.2) is 31.0 Å². The van der Waals surface area contributed by atoms with Crippen molar-refractivity contribution in [2.45, 2.75) is 40.2 Å². The minimum atomic E-state index is -0.209. The highest BCUT2D eigenvalue weighted by molar-refractivity contribution is 6.01. The Morgan fingerprint density at radius 2 is 1.69 bits per heavy atom. The minimum absolute atomic E-state index is 0.0431. The quantitative estimate of drug-likeness (QED) is 0.760. The Kier molecular flexibility index (Phi) is 7.01. The summed E-state index contributed by atoms with van der Waals surface area (Å²) in [7, 11) is 0. The van der Waals surface area contributed by atoms with Gasteiger partial charge in [0.2, 0.25) is 0 Å². The molecule has 2 N–H and O–H groups in total. The topological polar surface area (TPSA) is 67.4 Å². The lowest BCUT2D eigenvalue weighted by molar-refractivity contribution is -0.123. The van der Waals surface area contributed by atoms with E-state index in [2.05, 4.69) is 24.5 Å². The van der Waals surface area contributed by atoms with Crippen LogP contribution >= 0.6 is 0 Å². The highest BCUT2D eigenvalue weighted by atomic mass is 16.5. The third-order valence-electron chi connectivity index (χ3n) is 3.91. The van der Waals surface area contributed by atoms with Crippen LogP contribution in [0, 0.1) is 5.92 Å². The zero-order valence-corrected chi connectivity index (χ0v) is 16.0. The molecule has 2 aromatic carbocycles. The summed E-state index contributed by atoms with van der Waals surface area (Å²) < 4.78 is 5.68. The molecular weight excluding hydrogens is 328 g/mol. The van der Waals surface area contributed by atoms with Crippen molar-refractivity contribution in [3.05, 3.63) is 42.0 Å². The lowest BCUT2D eigenvalue weighted by atomic mass is 10.0. The fraction of sp³-hybridized carbons (Fsp3) is 0.429. The Labute approximate surface area is 155 Å². The molecule has 0 aliphatic carbocycles. The molecule has 2 aromatic rings. The zero-order valence-electron chi connectivity index (χ0n) is 16.0. The summed E-state index contributed by atoms with van der Waals surface area (Å²) in [5.74, 6) is 0.544. The fourth-order valence-corrected chi connectivity index (χ4v) is 2.59. The third kappa shape index (κ3) is 5.76. The first-order valence-corrected chi connectivity index (χ1v) is 9.10. The second kappa shape index (κ2) is 9.22. The molecule has 0 fully saturated rings. The van der Waals surface area contributed by atoms with Gasteiger partial charge in [-0.25, -0.2) is 0 Å². The van der Waals surface area contributed by atoms with E-state index in [1.807, 2.05) is 50.2 Å². The number of hydrogen-bond donors (Lipinski definition) is 2. The monoisotopic (exact) mass is 356 g/mol. The van der Waals surface area contributed by atoms with E-state index >= 15 is 0 Å². The first-order chi connectivity index (χ1) is 12.4. The maximum atomic E-state index is 12.6. The normalized spacial score (nSPS) is 11.0. The summed E-state index contributed by atoms with van der Waals surface area (Å²) in [6.45, 7) is 8.50. The van der Waals surface area contributed by atoms with Crippen molar-refractivity contribution in [2.75, 3.05) is 13.2 Å². The van der Waals surface area contributed by atoms with Gasteiger partial charge in [0, 0.05) is 12.6 Å². The van der Waals surface area contributed by atoms with E-state index in [1.165, 1.54) is 0 Å². The Morgan fingerprint density at radius 3 is 2.31 bits per heavy atom. The van der Waals surface area contributed by atoms with Gasteiger partial charge in [0.1, 0.15) is 5.75 Å². The maximum Gasteiger partial charge on any atom is 0.258 e. The van der Waals surface area contributed by atoms with Gasteiger partial charge in [0.25, 0.3) is 11.8 Å². The Hall–Kier alpha value is -2.56. The van der Waals surface area contributed by atoms with Gasteiger partial charge in [-0.05, 0) is 49.1 Å². The number of rotatable bonds is 8. The van der Waals surface area contributed by atoms with Crippen LogP contribution in [0.15, 0.2) is 36.4 Å². The van der Waals surface area contributed by atoms with Gasteiger partial charge in [-0.3, -0.25) is 9.59 Å². The summed E-state index contributed by atoms with van der Waals surface area (Å²) in [6.07, 6.45) is 0.909. The van der Waals surface area contributed by atoms with Gasteiger partial charge < -0.3 is 15.4 Å². The van der Waals surface area contributed by atoms with E-state index in [9.17, 15) is 9.59 Å². The molecule has 0 atom stereocenters. The molecule has 2 amide bonds. The van der Waals surface area contributed by atoms with Crippen molar-refractivity contribution >= 4 is 22.6 Å². The molecule has 0 saturated carbocycles. The first-order valence-electron chi connectivity index (χ1n) is 9.10. The molecule has 0 radical (unpaired) electrons. The Bertz CT molecular complexity index is 769. The minimum Gasteiger partial charge on any atom is -0.483 e. The number of carbonyl (C=O) groups is 2. The third-order valence-corrected chi connectivity index (χ3v) is 3.91. The number of amides is 2. The van der Waals surface area contributed by atoms with Crippen LogP contribution in [0.2, 0.25) is 0 Å². The van der Waals surface area contributed by atoms with E-state index in [0.29, 0.717) is 23.8 Å². The molecule has 0 saturated heterocycles. The molecule has 140 valence electrons. The van der Waals surface area contributed by atoms with Crippen molar-refractivity contribution < 1.29 is 14.3 Å². The highest BCUT2D eigenvalue weighted by Gasteiger charge is 2.15. The fourth-order valence-electron chi connectivity index (χ4n) is 2.59. The van der Waals surface area contributed by atoms with Crippen molar-refractivity contribution in [2.24, 2.45) is 5.92 Å². The van der Waals surface area contributed by atoms with Crippen LogP contribution in [-0.2, 0) is 4.79 Å². The van der Waals surface area contributed by atoms with E-state index in [4.69, 9.17) is 4.74 Å². The maximum absolute atomic E-state index is 12.6.